The maximum atomic E-state index is 12.6. The van der Waals surface area contributed by atoms with E-state index in [-0.39, 0.29) is 12.3 Å². The van der Waals surface area contributed by atoms with Crippen LogP contribution in [0.25, 0.3) is 0 Å². The van der Waals surface area contributed by atoms with Crippen molar-refractivity contribution in [3.05, 3.63) is 23.4 Å². The van der Waals surface area contributed by atoms with E-state index in [1.165, 1.54) is 12.8 Å². The minimum atomic E-state index is -5.08. The SMILES string of the molecule is Cc1noc(CC(=O)N2CCCn3c(CN4CCCC4)nnc3C2)n1.O=C(O)C(F)(F)F. The largest absolute Gasteiger partial charge is 0.490 e. The van der Waals surface area contributed by atoms with Gasteiger partial charge >= 0.3 is 12.1 Å². The zero-order valence-electron chi connectivity index (χ0n) is 17.5. The fourth-order valence-electron chi connectivity index (χ4n) is 3.54. The monoisotopic (exact) mass is 459 g/mol. The van der Waals surface area contributed by atoms with Crippen LogP contribution in [0.5, 0.6) is 0 Å². The second-order valence-corrected chi connectivity index (χ2v) is 7.55. The molecule has 0 unspecified atom stereocenters. The smallest absolute Gasteiger partial charge is 0.475 e. The minimum absolute atomic E-state index is 0.0128. The van der Waals surface area contributed by atoms with E-state index in [2.05, 4.69) is 29.8 Å². The molecule has 2 aromatic heterocycles. The minimum Gasteiger partial charge on any atom is -0.475 e. The van der Waals surface area contributed by atoms with Crippen LogP contribution in [0.1, 0.15) is 42.6 Å². The van der Waals surface area contributed by atoms with Gasteiger partial charge in [-0.05, 0) is 39.3 Å². The van der Waals surface area contributed by atoms with E-state index in [1.807, 2.05) is 4.90 Å². The summed E-state index contributed by atoms with van der Waals surface area (Å²) in [5.41, 5.74) is 0. The van der Waals surface area contributed by atoms with Crippen molar-refractivity contribution in [2.45, 2.75) is 58.4 Å². The van der Waals surface area contributed by atoms with Crippen molar-refractivity contribution in [3.63, 3.8) is 0 Å². The van der Waals surface area contributed by atoms with Gasteiger partial charge in [-0.1, -0.05) is 5.16 Å². The summed E-state index contributed by atoms with van der Waals surface area (Å²) in [4.78, 5) is 29.8. The Bertz CT molecular complexity index is 937. The van der Waals surface area contributed by atoms with Gasteiger partial charge in [-0.3, -0.25) is 9.69 Å². The number of nitrogens with zero attached hydrogens (tertiary/aromatic N) is 7. The average molecular weight is 459 g/mol. The first kappa shape index (κ1) is 23.6. The Morgan fingerprint density at radius 2 is 1.78 bits per heavy atom. The lowest BCUT2D eigenvalue weighted by molar-refractivity contribution is -0.192. The van der Waals surface area contributed by atoms with E-state index in [0.717, 1.165) is 44.2 Å². The maximum Gasteiger partial charge on any atom is 0.490 e. The van der Waals surface area contributed by atoms with E-state index < -0.39 is 12.1 Å². The molecule has 1 fully saturated rings. The first-order valence-electron chi connectivity index (χ1n) is 10.1. The summed E-state index contributed by atoms with van der Waals surface area (Å²) >= 11 is 0. The van der Waals surface area contributed by atoms with Crippen LogP contribution < -0.4 is 0 Å². The molecule has 0 atom stereocenters. The molecule has 32 heavy (non-hydrogen) atoms. The number of fused-ring (bicyclic) bond motifs is 1. The van der Waals surface area contributed by atoms with Crippen LogP contribution in [0.4, 0.5) is 13.2 Å². The van der Waals surface area contributed by atoms with Crippen molar-refractivity contribution in [3.8, 4) is 0 Å². The topological polar surface area (TPSA) is 130 Å². The molecule has 1 N–H and O–H groups in total. The molecule has 11 nitrogen and oxygen atoms in total. The molecule has 4 rings (SSSR count). The first-order valence-corrected chi connectivity index (χ1v) is 10.1. The fourth-order valence-corrected chi connectivity index (χ4v) is 3.54. The average Bonchev–Trinajstić information content (AvgIpc) is 3.42. The number of carboxylic acid groups (broad SMARTS) is 1. The highest BCUT2D eigenvalue weighted by molar-refractivity contribution is 5.77. The summed E-state index contributed by atoms with van der Waals surface area (Å²) in [6, 6.07) is 0. The molecule has 0 bridgehead atoms. The Labute approximate surface area is 181 Å². The van der Waals surface area contributed by atoms with Crippen molar-refractivity contribution >= 4 is 11.9 Å². The molecule has 2 aliphatic heterocycles. The second kappa shape index (κ2) is 10.1. The molecular formula is C18H24F3N7O4. The van der Waals surface area contributed by atoms with Crippen molar-refractivity contribution in [2.24, 2.45) is 0 Å². The quantitative estimate of drug-likeness (QED) is 0.716. The van der Waals surface area contributed by atoms with Crippen LogP contribution in [0.2, 0.25) is 0 Å². The number of alkyl halides is 3. The van der Waals surface area contributed by atoms with E-state index >= 15 is 0 Å². The lowest BCUT2D eigenvalue weighted by Crippen LogP contribution is -2.32. The van der Waals surface area contributed by atoms with Crippen molar-refractivity contribution in [1.82, 2.24) is 34.7 Å². The van der Waals surface area contributed by atoms with Crippen molar-refractivity contribution in [1.29, 1.82) is 0 Å². The normalized spacial score (nSPS) is 16.8. The zero-order valence-corrected chi connectivity index (χ0v) is 17.5. The van der Waals surface area contributed by atoms with Crippen LogP contribution in [-0.2, 0) is 35.6 Å². The molecular weight excluding hydrogens is 435 g/mol. The summed E-state index contributed by atoms with van der Waals surface area (Å²) in [5.74, 6) is 0.0158. The molecule has 1 saturated heterocycles. The lowest BCUT2D eigenvalue weighted by atomic mass is 10.3. The van der Waals surface area contributed by atoms with Gasteiger partial charge in [0, 0.05) is 13.1 Å². The van der Waals surface area contributed by atoms with Crippen molar-refractivity contribution < 1.29 is 32.4 Å². The summed E-state index contributed by atoms with van der Waals surface area (Å²) in [6.07, 6.45) is -1.53. The summed E-state index contributed by atoms with van der Waals surface area (Å²) in [6.45, 7) is 6.91. The van der Waals surface area contributed by atoms with Crippen LogP contribution in [-0.4, -0.2) is 77.5 Å². The fraction of sp³-hybridized carbons (Fsp3) is 0.667. The van der Waals surface area contributed by atoms with Crippen LogP contribution >= 0.6 is 0 Å². The summed E-state index contributed by atoms with van der Waals surface area (Å²) < 4.78 is 39.0. The molecule has 0 aliphatic carbocycles. The molecule has 4 heterocycles. The number of hydrogen-bond acceptors (Lipinski definition) is 8. The number of carboxylic acids is 1. The van der Waals surface area contributed by atoms with E-state index in [0.29, 0.717) is 24.8 Å². The summed E-state index contributed by atoms with van der Waals surface area (Å²) in [7, 11) is 0. The second-order valence-electron chi connectivity index (χ2n) is 7.55. The van der Waals surface area contributed by atoms with Gasteiger partial charge < -0.3 is 19.1 Å². The van der Waals surface area contributed by atoms with Crippen LogP contribution in [0.15, 0.2) is 4.52 Å². The number of carbonyl (C=O) groups is 2. The number of aliphatic carboxylic acids is 1. The number of rotatable bonds is 4. The highest BCUT2D eigenvalue weighted by atomic mass is 19.4. The molecule has 2 aliphatic rings. The van der Waals surface area contributed by atoms with Gasteiger partial charge in [0.1, 0.15) is 12.2 Å². The third-order valence-electron chi connectivity index (χ3n) is 5.08. The summed E-state index contributed by atoms with van der Waals surface area (Å²) in [5, 5.41) is 19.6. The number of aryl methyl sites for hydroxylation is 1. The van der Waals surface area contributed by atoms with E-state index in [4.69, 9.17) is 14.4 Å². The van der Waals surface area contributed by atoms with Gasteiger partial charge in [0.05, 0.1) is 13.1 Å². The van der Waals surface area contributed by atoms with Gasteiger partial charge in [-0.15, -0.1) is 10.2 Å². The third kappa shape index (κ3) is 6.24. The number of aromatic nitrogens is 5. The number of likely N-dealkylation sites (tertiary alicyclic amines) is 1. The van der Waals surface area contributed by atoms with Gasteiger partial charge in [0.2, 0.25) is 11.8 Å². The van der Waals surface area contributed by atoms with Gasteiger partial charge in [0.15, 0.2) is 11.6 Å². The highest BCUT2D eigenvalue weighted by Crippen LogP contribution is 2.17. The van der Waals surface area contributed by atoms with Crippen LogP contribution in [0.3, 0.4) is 0 Å². The molecule has 14 heteroatoms. The van der Waals surface area contributed by atoms with Crippen LogP contribution in [0, 0.1) is 6.92 Å². The zero-order chi connectivity index (χ0) is 23.3. The van der Waals surface area contributed by atoms with E-state index in [1.54, 1.807) is 6.92 Å². The molecule has 0 aromatic carbocycles. The number of halogens is 3. The lowest BCUT2D eigenvalue weighted by Gasteiger charge is -2.18. The molecule has 176 valence electrons. The van der Waals surface area contributed by atoms with Gasteiger partial charge in [0.25, 0.3) is 0 Å². The Morgan fingerprint density at radius 3 is 2.38 bits per heavy atom. The van der Waals surface area contributed by atoms with Gasteiger partial charge in [-0.25, -0.2) is 4.79 Å². The molecule has 2 aromatic rings. The number of hydrogen-bond donors (Lipinski definition) is 1. The number of amides is 1. The maximum absolute atomic E-state index is 12.6. The van der Waals surface area contributed by atoms with E-state index in [9.17, 15) is 18.0 Å². The Hall–Kier alpha value is -3.03. The molecule has 0 spiro atoms. The Balaban J connectivity index is 0.000000360. The van der Waals surface area contributed by atoms with Gasteiger partial charge in [-0.2, -0.15) is 18.2 Å². The third-order valence-corrected chi connectivity index (χ3v) is 5.08. The number of carbonyl (C=O) groups excluding carboxylic acids is 1. The Morgan fingerprint density at radius 1 is 1.09 bits per heavy atom. The molecule has 0 radical (unpaired) electrons. The highest BCUT2D eigenvalue weighted by Gasteiger charge is 2.38. The first-order chi connectivity index (χ1) is 15.1. The van der Waals surface area contributed by atoms with Crippen molar-refractivity contribution in [2.75, 3.05) is 19.6 Å². The predicted molar refractivity (Wildman–Crippen MR) is 101 cm³/mol. The standard InChI is InChI=1S/C16H23N7O2.C2HF3O2/c1-12-17-15(25-20-12)9-16(24)22-7-4-8-23-13(18-19-14(23)11-22)10-21-5-2-3-6-21;3-2(4,5)1(6)7/h2-11H2,1H3;(H,6,7). The molecule has 0 saturated carbocycles. The predicted octanol–water partition coefficient (Wildman–Crippen LogP) is 1.17. The Kier molecular flexibility index (Phi) is 7.43. The molecule has 1 amide bonds.